The molecule has 0 saturated carbocycles. The molecule has 0 amide bonds. The van der Waals surface area contributed by atoms with Gasteiger partial charge in [0, 0.05) is 12.1 Å². The van der Waals surface area contributed by atoms with Crippen molar-refractivity contribution in [2.45, 2.75) is 10.9 Å². The number of hydrogen-bond donors (Lipinski definition) is 1. The highest BCUT2D eigenvalue weighted by molar-refractivity contribution is 7.89. The number of nitrogens with zero attached hydrogens (tertiary/aromatic N) is 2. The molecular weight excluding hydrogens is 342 g/mol. The first-order chi connectivity index (χ1) is 11.9. The number of benzene rings is 2. The Morgan fingerprint density at radius 2 is 1.76 bits per heavy atom. The van der Waals surface area contributed by atoms with E-state index in [1.807, 2.05) is 37.4 Å². The number of non-ortho nitro benzene ring substituents is 1. The molecule has 1 unspecified atom stereocenters. The fourth-order valence-corrected chi connectivity index (χ4v) is 4.73. The number of hydrogen-bond acceptors (Lipinski definition) is 4. The van der Waals surface area contributed by atoms with Crippen molar-refractivity contribution in [1.29, 1.82) is 0 Å². The quantitative estimate of drug-likeness (QED) is 0.646. The van der Waals surface area contributed by atoms with Gasteiger partial charge >= 0.3 is 0 Å². The Labute approximate surface area is 146 Å². The Hall–Kier alpha value is -2.29. The van der Waals surface area contributed by atoms with Gasteiger partial charge in [-0.3, -0.25) is 10.1 Å². The number of nitrogens with one attached hydrogen (secondary N) is 1. The zero-order chi connectivity index (χ0) is 18.0. The number of likely N-dealkylation sites (N-methyl/N-ethyl adjacent to an activating group) is 1. The molecule has 2 aromatic rings. The van der Waals surface area contributed by atoms with E-state index in [0.717, 1.165) is 12.1 Å². The Bertz CT molecular complexity index is 853. The summed E-state index contributed by atoms with van der Waals surface area (Å²) < 4.78 is 27.7. The van der Waals surface area contributed by atoms with Gasteiger partial charge in [-0.25, -0.2) is 8.42 Å². The molecule has 25 heavy (non-hydrogen) atoms. The van der Waals surface area contributed by atoms with Gasteiger partial charge in [0.25, 0.3) is 5.69 Å². The molecule has 0 radical (unpaired) electrons. The van der Waals surface area contributed by atoms with E-state index in [4.69, 9.17) is 0 Å². The summed E-state index contributed by atoms with van der Waals surface area (Å²) in [6.45, 7) is 1.80. The lowest BCUT2D eigenvalue weighted by Crippen LogP contribution is -3.12. The summed E-state index contributed by atoms with van der Waals surface area (Å²) in [5, 5.41) is 10.8. The van der Waals surface area contributed by atoms with Gasteiger partial charge in [-0.15, -0.1) is 0 Å². The predicted molar refractivity (Wildman–Crippen MR) is 92.8 cm³/mol. The fourth-order valence-electron chi connectivity index (χ4n) is 3.11. The van der Waals surface area contributed by atoms with Crippen molar-refractivity contribution >= 4 is 15.7 Å². The lowest BCUT2D eigenvalue weighted by molar-refractivity contribution is -0.887. The molecule has 1 saturated heterocycles. The van der Waals surface area contributed by atoms with Crippen LogP contribution in [0.1, 0.15) is 11.6 Å². The van der Waals surface area contributed by atoms with Crippen LogP contribution in [0.4, 0.5) is 5.69 Å². The summed E-state index contributed by atoms with van der Waals surface area (Å²) in [4.78, 5) is 11.6. The fraction of sp³-hybridized carbons (Fsp3) is 0.294. The second-order valence-corrected chi connectivity index (χ2v) is 8.10. The molecule has 2 aromatic carbocycles. The first kappa shape index (κ1) is 17.5. The number of sulfonamides is 1. The molecule has 8 heteroatoms. The summed E-state index contributed by atoms with van der Waals surface area (Å²) in [5.41, 5.74) is 0.827. The van der Waals surface area contributed by atoms with Crippen molar-refractivity contribution in [3.05, 3.63) is 70.3 Å². The maximum atomic E-state index is 13.1. The van der Waals surface area contributed by atoms with Crippen molar-refractivity contribution in [2.75, 3.05) is 26.7 Å². The molecule has 1 aliphatic heterocycles. The van der Waals surface area contributed by atoms with Crippen LogP contribution in [0.15, 0.2) is 59.5 Å². The smallest absolute Gasteiger partial charge is 0.269 e. The van der Waals surface area contributed by atoms with Crippen LogP contribution in [0.5, 0.6) is 0 Å². The third-order valence-electron chi connectivity index (χ3n) is 4.49. The largest absolute Gasteiger partial charge is 0.335 e. The summed E-state index contributed by atoms with van der Waals surface area (Å²) in [5.74, 6) is 0. The Kier molecular flexibility index (Phi) is 4.85. The van der Waals surface area contributed by atoms with E-state index in [0.29, 0.717) is 13.1 Å². The van der Waals surface area contributed by atoms with Gasteiger partial charge in [0.05, 0.1) is 42.5 Å². The predicted octanol–water partition coefficient (Wildman–Crippen LogP) is 0.855. The van der Waals surface area contributed by atoms with Crippen molar-refractivity contribution in [3.8, 4) is 0 Å². The summed E-state index contributed by atoms with van der Waals surface area (Å²) >= 11 is 0. The van der Waals surface area contributed by atoms with E-state index in [-0.39, 0.29) is 16.6 Å². The Morgan fingerprint density at radius 3 is 2.36 bits per heavy atom. The average molecular weight is 362 g/mol. The Balaban J connectivity index is 1.97. The zero-order valence-corrected chi connectivity index (χ0v) is 14.6. The van der Waals surface area contributed by atoms with Crippen LogP contribution >= 0.6 is 0 Å². The normalized spacial score (nSPS) is 21.8. The van der Waals surface area contributed by atoms with Crippen LogP contribution in [0.25, 0.3) is 0 Å². The van der Waals surface area contributed by atoms with Crippen molar-refractivity contribution in [2.24, 2.45) is 0 Å². The van der Waals surface area contributed by atoms with Gasteiger partial charge < -0.3 is 4.90 Å². The van der Waals surface area contributed by atoms with Crippen LogP contribution in [-0.2, 0) is 10.0 Å². The minimum Gasteiger partial charge on any atom is -0.335 e. The number of piperazine rings is 1. The maximum Gasteiger partial charge on any atom is 0.269 e. The van der Waals surface area contributed by atoms with E-state index in [1.54, 1.807) is 0 Å². The van der Waals surface area contributed by atoms with E-state index < -0.39 is 14.9 Å². The Morgan fingerprint density at radius 1 is 1.12 bits per heavy atom. The van der Waals surface area contributed by atoms with Crippen molar-refractivity contribution in [3.63, 3.8) is 0 Å². The van der Waals surface area contributed by atoms with Gasteiger partial charge in [-0.1, -0.05) is 30.3 Å². The van der Waals surface area contributed by atoms with Crippen LogP contribution in [0.3, 0.4) is 0 Å². The van der Waals surface area contributed by atoms with Gasteiger partial charge in [-0.2, -0.15) is 4.31 Å². The van der Waals surface area contributed by atoms with Crippen LogP contribution in [0, 0.1) is 10.1 Å². The van der Waals surface area contributed by atoms with Gasteiger partial charge in [0.2, 0.25) is 10.0 Å². The molecule has 0 bridgehead atoms. The summed E-state index contributed by atoms with van der Waals surface area (Å²) in [7, 11) is -1.68. The van der Waals surface area contributed by atoms with E-state index >= 15 is 0 Å². The SMILES string of the molecule is C[NH+]1CCN(S(=O)(=O)c2ccc([N+](=O)[O-])cc2)[C@H](c2ccccc2)C1. The lowest BCUT2D eigenvalue weighted by atomic mass is 10.1. The minimum atomic E-state index is -3.73. The molecule has 1 N–H and O–H groups in total. The molecule has 132 valence electrons. The number of nitro benzene ring substituents is 1. The second-order valence-electron chi connectivity index (χ2n) is 6.20. The number of quaternary nitrogens is 1. The third kappa shape index (κ3) is 3.55. The molecule has 0 aromatic heterocycles. The molecule has 3 rings (SSSR count). The van der Waals surface area contributed by atoms with Crippen molar-refractivity contribution in [1.82, 2.24) is 4.31 Å². The lowest BCUT2D eigenvalue weighted by Gasteiger charge is -2.37. The zero-order valence-electron chi connectivity index (χ0n) is 13.8. The average Bonchev–Trinajstić information content (AvgIpc) is 2.62. The van der Waals surface area contributed by atoms with Gasteiger partial charge in [-0.05, 0) is 17.7 Å². The van der Waals surface area contributed by atoms with E-state index in [9.17, 15) is 18.5 Å². The van der Waals surface area contributed by atoms with E-state index in [1.165, 1.54) is 33.5 Å². The standard InChI is InChI=1S/C17H19N3O4S/c1-18-11-12-19(17(13-18)14-5-3-2-4-6-14)25(23,24)16-9-7-15(8-10-16)20(21)22/h2-10,17H,11-13H2,1H3/p+1/t17-/m0/s1. The highest BCUT2D eigenvalue weighted by Gasteiger charge is 2.38. The van der Waals surface area contributed by atoms with Crippen LogP contribution < -0.4 is 4.90 Å². The molecule has 2 atom stereocenters. The molecular formula is C17H20N3O4S+. The summed E-state index contributed by atoms with van der Waals surface area (Å²) in [6.07, 6.45) is 0. The second kappa shape index (κ2) is 6.91. The monoisotopic (exact) mass is 362 g/mol. The first-order valence-electron chi connectivity index (χ1n) is 8.02. The highest BCUT2D eigenvalue weighted by atomic mass is 32.2. The topological polar surface area (TPSA) is 85.0 Å². The number of nitro groups is 1. The third-order valence-corrected chi connectivity index (χ3v) is 6.41. The molecule has 1 heterocycles. The summed E-state index contributed by atoms with van der Waals surface area (Å²) in [6, 6.07) is 14.4. The first-order valence-corrected chi connectivity index (χ1v) is 9.46. The van der Waals surface area contributed by atoms with Crippen LogP contribution in [0.2, 0.25) is 0 Å². The molecule has 1 fully saturated rings. The molecule has 7 nitrogen and oxygen atoms in total. The maximum absolute atomic E-state index is 13.1. The van der Waals surface area contributed by atoms with Crippen LogP contribution in [-0.4, -0.2) is 44.3 Å². The highest BCUT2D eigenvalue weighted by Crippen LogP contribution is 2.28. The van der Waals surface area contributed by atoms with Gasteiger partial charge in [0.1, 0.15) is 0 Å². The van der Waals surface area contributed by atoms with Crippen molar-refractivity contribution < 1.29 is 18.2 Å². The molecule has 1 aliphatic rings. The molecule has 0 aliphatic carbocycles. The minimum absolute atomic E-state index is 0.0820. The number of rotatable bonds is 4. The molecule has 0 spiro atoms. The van der Waals surface area contributed by atoms with Gasteiger partial charge in [0.15, 0.2) is 0 Å². The van der Waals surface area contributed by atoms with E-state index in [2.05, 4.69) is 0 Å².